The van der Waals surface area contributed by atoms with Gasteiger partial charge in [-0.05, 0) is 57.3 Å². The number of hydrogen-bond donors (Lipinski definition) is 2. The fourth-order valence-electron chi connectivity index (χ4n) is 7.62. The van der Waals surface area contributed by atoms with Gasteiger partial charge in [-0.3, -0.25) is 0 Å². The van der Waals surface area contributed by atoms with Crippen molar-refractivity contribution in [2.24, 2.45) is 5.92 Å². The molecule has 0 aromatic heterocycles. The molecule has 3 atom stereocenters. The topological polar surface area (TPSA) is 40.5 Å². The second-order valence-corrected chi connectivity index (χ2v) is 11.9. The number of hydrogen-bond acceptors (Lipinski definition) is 2. The maximum atomic E-state index is 12.2. The number of aliphatic hydroxyl groups is 2. The van der Waals surface area contributed by atoms with Crippen LogP contribution in [0.1, 0.15) is 50.4 Å². The van der Waals surface area contributed by atoms with Crippen LogP contribution in [-0.2, 0) is 24.0 Å². The first-order valence-electron chi connectivity index (χ1n) is 14.9. The predicted molar refractivity (Wildman–Crippen MR) is 168 cm³/mol. The third-order valence-electron chi connectivity index (χ3n) is 9.74. The van der Waals surface area contributed by atoms with E-state index in [1.54, 1.807) is 0 Å². The highest BCUT2D eigenvalue weighted by Gasteiger charge is 2.50. The Morgan fingerprint density at radius 2 is 1.00 bits per heavy atom. The molecule has 5 aromatic rings. The lowest BCUT2D eigenvalue weighted by molar-refractivity contribution is 0.0452. The zero-order valence-electron chi connectivity index (χ0n) is 23.3. The second-order valence-electron chi connectivity index (χ2n) is 11.9. The van der Waals surface area contributed by atoms with Crippen LogP contribution >= 0.6 is 0 Å². The summed E-state index contributed by atoms with van der Waals surface area (Å²) >= 11 is 0. The van der Waals surface area contributed by atoms with Gasteiger partial charge in [0.25, 0.3) is 0 Å². The van der Waals surface area contributed by atoms with E-state index in [0.717, 1.165) is 51.8 Å². The summed E-state index contributed by atoms with van der Waals surface area (Å²) in [5.74, 6) is 0.195. The van der Waals surface area contributed by atoms with E-state index in [1.165, 1.54) is 16.7 Å². The minimum atomic E-state index is -1.15. The maximum Gasteiger partial charge on any atom is 0.141 e. The molecule has 2 nitrogen and oxygen atoms in total. The Balaban J connectivity index is 1.02. The van der Waals surface area contributed by atoms with Crippen molar-refractivity contribution in [2.45, 2.75) is 30.0 Å². The molecule has 0 saturated carbocycles. The number of aryl methyl sites for hydroxylation is 2. The largest absolute Gasteiger partial charge is 0.380 e. The van der Waals surface area contributed by atoms with Crippen molar-refractivity contribution in [3.8, 4) is 11.1 Å². The molecule has 0 amide bonds. The first-order chi connectivity index (χ1) is 20.6. The predicted octanol–water partition coefficient (Wildman–Crippen LogP) is 7.81. The molecule has 0 spiro atoms. The first-order valence-corrected chi connectivity index (χ1v) is 14.9. The van der Waals surface area contributed by atoms with E-state index in [9.17, 15) is 10.2 Å². The van der Waals surface area contributed by atoms with Gasteiger partial charge in [-0.15, -0.1) is 0 Å². The van der Waals surface area contributed by atoms with Gasteiger partial charge in [0.1, 0.15) is 11.2 Å². The molecule has 0 saturated heterocycles. The molecule has 0 heterocycles. The lowest BCUT2D eigenvalue weighted by atomic mass is 9.76. The minimum Gasteiger partial charge on any atom is -0.380 e. The van der Waals surface area contributed by atoms with Gasteiger partial charge in [0.15, 0.2) is 0 Å². The molecule has 3 aliphatic rings. The van der Waals surface area contributed by atoms with E-state index in [2.05, 4.69) is 103 Å². The van der Waals surface area contributed by atoms with Crippen LogP contribution in [0.25, 0.3) is 11.1 Å². The minimum absolute atomic E-state index is 0.00196. The van der Waals surface area contributed by atoms with Crippen LogP contribution in [0, 0.1) is 5.92 Å². The van der Waals surface area contributed by atoms with E-state index >= 15 is 0 Å². The Bertz CT molecular complexity index is 1820. The fourth-order valence-corrected chi connectivity index (χ4v) is 7.62. The van der Waals surface area contributed by atoms with Gasteiger partial charge >= 0.3 is 0 Å². The molecule has 0 aliphatic heterocycles. The molecular formula is C40H32O2. The van der Waals surface area contributed by atoms with Crippen molar-refractivity contribution in [1.82, 2.24) is 0 Å². The van der Waals surface area contributed by atoms with E-state index < -0.39 is 11.2 Å². The summed E-state index contributed by atoms with van der Waals surface area (Å²) in [6.07, 6.45) is 10.3. The zero-order chi connectivity index (χ0) is 28.3. The van der Waals surface area contributed by atoms with Crippen molar-refractivity contribution in [3.05, 3.63) is 190 Å². The van der Waals surface area contributed by atoms with Gasteiger partial charge in [0.05, 0.1) is 0 Å². The molecule has 2 N–H and O–H groups in total. The Kier molecular flexibility index (Phi) is 5.72. The summed E-state index contributed by atoms with van der Waals surface area (Å²) in [4.78, 5) is 0. The third-order valence-corrected chi connectivity index (χ3v) is 9.74. The lowest BCUT2D eigenvalue weighted by Gasteiger charge is -2.32. The summed E-state index contributed by atoms with van der Waals surface area (Å²) in [6.45, 7) is 0. The SMILES string of the molecule is OC1(c2ccc(CCc3ccc(C4(O)c5ccccc5C5C=CC=CC54)cc3)cc2)c2ccccc2-c2ccccc21. The van der Waals surface area contributed by atoms with Crippen molar-refractivity contribution >= 4 is 0 Å². The Morgan fingerprint density at radius 3 is 1.62 bits per heavy atom. The average molecular weight is 545 g/mol. The van der Waals surface area contributed by atoms with Gasteiger partial charge in [0, 0.05) is 23.0 Å². The van der Waals surface area contributed by atoms with Gasteiger partial charge in [-0.1, -0.05) is 146 Å². The Labute approximate surface area is 247 Å². The molecule has 5 aromatic carbocycles. The van der Waals surface area contributed by atoms with Crippen LogP contribution in [0.3, 0.4) is 0 Å². The number of rotatable bonds is 5. The van der Waals surface area contributed by atoms with Crippen molar-refractivity contribution < 1.29 is 10.2 Å². The van der Waals surface area contributed by atoms with Crippen LogP contribution in [0.2, 0.25) is 0 Å². The van der Waals surface area contributed by atoms with E-state index in [0.29, 0.717) is 0 Å². The van der Waals surface area contributed by atoms with Crippen LogP contribution in [-0.4, -0.2) is 10.2 Å². The van der Waals surface area contributed by atoms with Crippen molar-refractivity contribution in [2.75, 3.05) is 0 Å². The number of fused-ring (bicyclic) bond motifs is 6. The third kappa shape index (κ3) is 3.59. The fraction of sp³-hybridized carbons (Fsp3) is 0.150. The highest BCUT2D eigenvalue weighted by atomic mass is 16.3. The van der Waals surface area contributed by atoms with E-state index in [1.807, 2.05) is 42.5 Å². The highest BCUT2D eigenvalue weighted by molar-refractivity contribution is 5.82. The molecule has 0 bridgehead atoms. The summed E-state index contributed by atoms with van der Waals surface area (Å²) < 4.78 is 0. The molecule has 204 valence electrons. The number of allylic oxidation sites excluding steroid dienone is 3. The first kappa shape index (κ1) is 25.2. The lowest BCUT2D eigenvalue weighted by Crippen LogP contribution is -2.33. The molecule has 3 aliphatic carbocycles. The van der Waals surface area contributed by atoms with Crippen LogP contribution in [0.5, 0.6) is 0 Å². The standard InChI is InChI=1S/C40H32O2/c41-39(35-13-5-1-9-31(35)32-10-2-6-14-36(32)39)29-23-19-27(20-24-29)17-18-28-21-25-30(26-22-28)40(42)37-15-7-3-11-33(37)34-12-4-8-16-38(34)40/h1-16,19-26,31,35,41-42H,17-18H2. The molecule has 42 heavy (non-hydrogen) atoms. The monoisotopic (exact) mass is 544 g/mol. The van der Waals surface area contributed by atoms with Crippen molar-refractivity contribution in [1.29, 1.82) is 0 Å². The Hall–Kier alpha value is -4.50. The summed E-state index contributed by atoms with van der Waals surface area (Å²) in [5.41, 5.74) is 8.43. The second kappa shape index (κ2) is 9.52. The van der Waals surface area contributed by atoms with E-state index in [4.69, 9.17) is 0 Å². The molecular weight excluding hydrogens is 512 g/mol. The zero-order valence-corrected chi connectivity index (χ0v) is 23.3. The summed E-state index contributed by atoms with van der Waals surface area (Å²) in [6, 6.07) is 41.6. The summed E-state index contributed by atoms with van der Waals surface area (Å²) in [7, 11) is 0. The van der Waals surface area contributed by atoms with Gasteiger partial charge in [0.2, 0.25) is 0 Å². The van der Waals surface area contributed by atoms with Crippen LogP contribution < -0.4 is 0 Å². The summed E-state index contributed by atoms with van der Waals surface area (Å²) in [5, 5.41) is 24.3. The van der Waals surface area contributed by atoms with Gasteiger partial charge in [-0.2, -0.15) is 0 Å². The normalized spacial score (nSPS) is 22.3. The molecule has 3 unspecified atom stereocenters. The Morgan fingerprint density at radius 1 is 0.500 bits per heavy atom. The van der Waals surface area contributed by atoms with E-state index in [-0.39, 0.29) is 11.8 Å². The molecule has 0 fully saturated rings. The van der Waals surface area contributed by atoms with Crippen LogP contribution in [0.15, 0.2) is 146 Å². The van der Waals surface area contributed by atoms with Crippen molar-refractivity contribution in [3.63, 3.8) is 0 Å². The van der Waals surface area contributed by atoms with Gasteiger partial charge in [-0.25, -0.2) is 0 Å². The van der Waals surface area contributed by atoms with Gasteiger partial charge < -0.3 is 10.2 Å². The quantitative estimate of drug-likeness (QED) is 0.237. The molecule has 8 rings (SSSR count). The van der Waals surface area contributed by atoms with Crippen LogP contribution in [0.4, 0.5) is 0 Å². The smallest absolute Gasteiger partial charge is 0.141 e. The maximum absolute atomic E-state index is 12.2. The number of benzene rings is 5. The average Bonchev–Trinajstić information content (AvgIpc) is 3.48. The highest BCUT2D eigenvalue weighted by Crippen LogP contribution is 2.55. The molecule has 2 heteroatoms. The molecule has 0 radical (unpaired) electrons.